The van der Waals surface area contributed by atoms with Gasteiger partial charge in [0.25, 0.3) is 0 Å². The van der Waals surface area contributed by atoms with E-state index in [1.54, 1.807) is 24.8 Å². The Morgan fingerprint density at radius 1 is 0.580 bits per heavy atom. The summed E-state index contributed by atoms with van der Waals surface area (Å²) in [7, 11) is 0. The number of hydrogen-bond acceptors (Lipinski definition) is 6. The summed E-state index contributed by atoms with van der Waals surface area (Å²) >= 11 is 6.87. The number of benzene rings is 4. The number of ether oxygens (including phenoxy) is 4. The third kappa shape index (κ3) is 7.53. The van der Waals surface area contributed by atoms with Crippen molar-refractivity contribution >= 4 is 53.9 Å². The summed E-state index contributed by atoms with van der Waals surface area (Å²) in [5.41, 5.74) is 3.25. The first-order valence-corrected chi connectivity index (χ1v) is 17.6. The lowest BCUT2D eigenvalue weighted by Gasteiger charge is -2.24. The van der Waals surface area contributed by atoms with Crippen LogP contribution in [0.15, 0.2) is 82.3 Å². The van der Waals surface area contributed by atoms with Gasteiger partial charge < -0.3 is 28.1 Å². The molecule has 4 heterocycles. The highest BCUT2D eigenvalue weighted by atomic mass is 79.9. The molecular formula is C36H30Br2F4N4O4. The molecule has 0 saturated carbocycles. The van der Waals surface area contributed by atoms with E-state index < -0.39 is 23.3 Å². The fourth-order valence-corrected chi connectivity index (χ4v) is 6.74. The maximum Gasteiger partial charge on any atom is 0.168 e. The number of imidazole rings is 2. The van der Waals surface area contributed by atoms with Crippen molar-refractivity contribution < 1.29 is 36.5 Å². The number of fused-ring (bicyclic) bond motifs is 2. The van der Waals surface area contributed by atoms with Gasteiger partial charge in [-0.15, -0.1) is 0 Å². The Morgan fingerprint density at radius 2 is 1.06 bits per heavy atom. The van der Waals surface area contributed by atoms with Crippen LogP contribution in [0.25, 0.3) is 22.1 Å². The molecule has 50 heavy (non-hydrogen) atoms. The molecule has 6 aromatic rings. The molecule has 0 amide bonds. The summed E-state index contributed by atoms with van der Waals surface area (Å²) in [6.07, 6.45) is 9.64. The van der Waals surface area contributed by atoms with Gasteiger partial charge in [-0.1, -0.05) is 0 Å². The topological polar surface area (TPSA) is 72.6 Å². The Morgan fingerprint density at radius 3 is 1.56 bits per heavy atom. The van der Waals surface area contributed by atoms with Crippen LogP contribution in [0.5, 0.6) is 23.0 Å². The number of halogens is 6. The molecule has 2 atom stereocenters. The van der Waals surface area contributed by atoms with Gasteiger partial charge in [-0.25, -0.2) is 27.5 Å². The predicted molar refractivity (Wildman–Crippen MR) is 185 cm³/mol. The third-order valence-electron chi connectivity index (χ3n) is 8.42. The summed E-state index contributed by atoms with van der Waals surface area (Å²) in [6.45, 7) is 1.47. The average molecular weight is 818 g/mol. The second kappa shape index (κ2) is 15.1. The predicted octanol–water partition coefficient (Wildman–Crippen LogP) is 11.1. The van der Waals surface area contributed by atoms with Crippen molar-refractivity contribution in [3.05, 3.63) is 106 Å². The van der Waals surface area contributed by atoms with Crippen LogP contribution in [-0.4, -0.2) is 32.3 Å². The second-order valence-electron chi connectivity index (χ2n) is 11.8. The lowest BCUT2D eigenvalue weighted by Crippen LogP contribution is -2.17. The largest absolute Gasteiger partial charge is 0.453 e. The van der Waals surface area contributed by atoms with Crippen LogP contribution in [0.1, 0.15) is 51.0 Å². The molecule has 8 nitrogen and oxygen atoms in total. The highest BCUT2D eigenvalue weighted by Gasteiger charge is 2.21. The lowest BCUT2D eigenvalue weighted by atomic mass is 10.2. The molecule has 2 unspecified atom stereocenters. The summed E-state index contributed by atoms with van der Waals surface area (Å²) in [5, 5.41) is 0. The minimum absolute atomic E-state index is 0.0213. The second-order valence-corrected chi connectivity index (χ2v) is 13.6. The molecule has 2 aliphatic rings. The third-order valence-corrected chi connectivity index (χ3v) is 9.66. The zero-order chi connectivity index (χ0) is 34.8. The molecule has 14 heteroatoms. The summed E-state index contributed by atoms with van der Waals surface area (Å²) < 4.78 is 81.9. The zero-order valence-electron chi connectivity index (χ0n) is 26.4. The first-order valence-electron chi connectivity index (χ1n) is 16.0. The molecule has 2 fully saturated rings. The number of aromatic nitrogens is 4. The van der Waals surface area contributed by atoms with Crippen molar-refractivity contribution in [2.75, 3.05) is 13.2 Å². The van der Waals surface area contributed by atoms with Crippen molar-refractivity contribution in [1.82, 2.24) is 19.1 Å². The zero-order valence-corrected chi connectivity index (χ0v) is 29.6. The average Bonchev–Trinajstić information content (AvgIpc) is 3.72. The molecule has 0 aliphatic carbocycles. The Labute approximate surface area is 301 Å². The van der Waals surface area contributed by atoms with Crippen molar-refractivity contribution in [3.8, 4) is 23.0 Å². The van der Waals surface area contributed by atoms with Gasteiger partial charge >= 0.3 is 0 Å². The SMILES string of the molecule is Fc1ccc(Oc2cc3c(cc2Br)ncn3C2CCCCO2)c(F)c1.Fc1ccc(Oc2cc3ncn(C4CCCCO4)c3cc2Br)c(F)c1. The van der Waals surface area contributed by atoms with Crippen LogP contribution in [-0.2, 0) is 9.47 Å². The van der Waals surface area contributed by atoms with Gasteiger partial charge in [0.1, 0.15) is 35.6 Å². The smallest absolute Gasteiger partial charge is 0.168 e. The van der Waals surface area contributed by atoms with Crippen LogP contribution in [0.4, 0.5) is 17.6 Å². The van der Waals surface area contributed by atoms with Crippen LogP contribution < -0.4 is 9.47 Å². The van der Waals surface area contributed by atoms with Gasteiger partial charge in [0.2, 0.25) is 0 Å². The van der Waals surface area contributed by atoms with E-state index in [4.69, 9.17) is 18.9 Å². The maximum absolute atomic E-state index is 13.9. The van der Waals surface area contributed by atoms with Crippen molar-refractivity contribution in [2.45, 2.75) is 51.0 Å². The fraction of sp³-hybridized carbons (Fsp3) is 0.278. The Hall–Kier alpha value is -3.98. The molecule has 8 rings (SSSR count). The van der Waals surface area contributed by atoms with E-state index in [1.165, 1.54) is 12.1 Å². The van der Waals surface area contributed by atoms with E-state index >= 15 is 0 Å². The van der Waals surface area contributed by atoms with E-state index in [0.717, 1.165) is 98.1 Å². The van der Waals surface area contributed by atoms with E-state index in [0.29, 0.717) is 20.4 Å². The minimum Gasteiger partial charge on any atom is -0.453 e. The fourth-order valence-electron chi connectivity index (χ4n) is 5.91. The number of hydrogen-bond donors (Lipinski definition) is 0. The van der Waals surface area contributed by atoms with Gasteiger partial charge in [0.05, 0.1) is 43.7 Å². The first-order chi connectivity index (χ1) is 24.2. The quantitative estimate of drug-likeness (QED) is 0.156. The van der Waals surface area contributed by atoms with E-state index in [9.17, 15) is 17.6 Å². The molecule has 2 aliphatic heterocycles. The molecule has 2 aromatic heterocycles. The molecule has 0 N–H and O–H groups in total. The molecule has 260 valence electrons. The van der Waals surface area contributed by atoms with Gasteiger partial charge in [0, 0.05) is 37.5 Å². The van der Waals surface area contributed by atoms with Gasteiger partial charge in [-0.05, 0) is 107 Å². The summed E-state index contributed by atoms with van der Waals surface area (Å²) in [6, 6.07) is 13.6. The molecule has 4 aromatic carbocycles. The van der Waals surface area contributed by atoms with Crippen LogP contribution in [0, 0.1) is 23.3 Å². The van der Waals surface area contributed by atoms with Crippen LogP contribution >= 0.6 is 31.9 Å². The normalized spacial score (nSPS) is 17.8. The van der Waals surface area contributed by atoms with Gasteiger partial charge in [0.15, 0.2) is 23.1 Å². The monoisotopic (exact) mass is 816 g/mol. The number of nitrogens with zero attached hydrogens (tertiary/aromatic N) is 4. The maximum atomic E-state index is 13.9. The molecule has 0 radical (unpaired) electrons. The van der Waals surface area contributed by atoms with E-state index in [-0.39, 0.29) is 24.0 Å². The highest BCUT2D eigenvalue weighted by molar-refractivity contribution is 9.11. The minimum atomic E-state index is -0.756. The Balaban J connectivity index is 0.000000157. The highest BCUT2D eigenvalue weighted by Crippen LogP contribution is 2.38. The van der Waals surface area contributed by atoms with Gasteiger partial charge in [-0.3, -0.25) is 0 Å². The number of rotatable bonds is 6. The van der Waals surface area contributed by atoms with Crippen LogP contribution in [0.3, 0.4) is 0 Å². The summed E-state index contributed by atoms with van der Waals surface area (Å²) in [5.74, 6) is -2.05. The molecule has 0 spiro atoms. The molecule has 0 bridgehead atoms. The molecular weight excluding hydrogens is 788 g/mol. The lowest BCUT2D eigenvalue weighted by molar-refractivity contribution is -0.0296. The van der Waals surface area contributed by atoms with Crippen molar-refractivity contribution in [2.24, 2.45) is 0 Å². The van der Waals surface area contributed by atoms with Crippen LogP contribution in [0.2, 0.25) is 0 Å². The van der Waals surface area contributed by atoms with Gasteiger partial charge in [-0.2, -0.15) is 0 Å². The van der Waals surface area contributed by atoms with E-state index in [1.807, 2.05) is 21.3 Å². The van der Waals surface area contributed by atoms with Crippen molar-refractivity contribution in [3.63, 3.8) is 0 Å². The molecule has 2 saturated heterocycles. The van der Waals surface area contributed by atoms with E-state index in [2.05, 4.69) is 41.8 Å². The van der Waals surface area contributed by atoms with Crippen molar-refractivity contribution in [1.29, 1.82) is 0 Å². The summed E-state index contributed by atoms with van der Waals surface area (Å²) in [4.78, 5) is 8.81. The first kappa shape index (κ1) is 34.5. The Kier molecular flexibility index (Phi) is 10.4. The Bertz CT molecular complexity index is 2150. The standard InChI is InChI=1S/2C18H15BrF2N2O2/c19-12-8-15-14(22-10-23(15)18-3-1-2-6-24-18)9-17(12)25-16-5-4-11(20)7-13(16)21;19-12-8-14-15(23(10-22-14)18-3-1-2-6-24-18)9-17(12)25-16-5-4-11(20)7-13(16)21/h2*4-5,7-10,18H,1-3,6H2.